The minimum absolute atomic E-state index is 0.0672. The minimum Gasteiger partial charge on any atom is -0.493 e. The molecule has 228 valence electrons. The lowest BCUT2D eigenvalue weighted by Crippen LogP contribution is -2.41. The molecule has 3 aromatic heterocycles. The summed E-state index contributed by atoms with van der Waals surface area (Å²) in [5, 5.41) is 8.95. The van der Waals surface area contributed by atoms with Crippen molar-refractivity contribution in [3.8, 4) is 22.8 Å². The van der Waals surface area contributed by atoms with E-state index < -0.39 is 5.69 Å². The van der Waals surface area contributed by atoms with Crippen molar-refractivity contribution in [2.75, 3.05) is 26.1 Å². The Morgan fingerprint density at radius 1 is 1.02 bits per heavy atom. The van der Waals surface area contributed by atoms with Gasteiger partial charge in [0.1, 0.15) is 5.82 Å². The summed E-state index contributed by atoms with van der Waals surface area (Å²) < 4.78 is 21.4. The van der Waals surface area contributed by atoms with E-state index >= 15 is 0 Å². The third-order valence-electron chi connectivity index (χ3n) is 8.26. The van der Waals surface area contributed by atoms with Gasteiger partial charge in [0.05, 0.1) is 43.6 Å². The number of aryl methyl sites for hydroxylation is 1. The first-order valence-electron chi connectivity index (χ1n) is 14.6. The zero-order valence-electron chi connectivity index (χ0n) is 25.6. The standard InChI is InChI=1S/C33H36N6O5/c1-20-16-23(36-31-25-18-35-39(26(25)13-14-34-31)29-8-6-7-15-44-29)10-11-24(20)30-21(2)32(40)38(33(41)37(30)3)19-22-9-12-27(42-4)28(17-22)43-5/h9-14,16-18,29H,6-8,15,19H2,1-5H3,(H,34,36). The Bertz CT molecular complexity index is 1930. The summed E-state index contributed by atoms with van der Waals surface area (Å²) >= 11 is 0. The van der Waals surface area contributed by atoms with Crippen molar-refractivity contribution in [3.05, 3.63) is 92.4 Å². The van der Waals surface area contributed by atoms with Gasteiger partial charge in [-0.15, -0.1) is 0 Å². The van der Waals surface area contributed by atoms with Crippen LogP contribution in [-0.2, 0) is 18.3 Å². The maximum atomic E-state index is 13.5. The number of hydrogen-bond acceptors (Lipinski definition) is 8. The molecule has 0 aliphatic carbocycles. The molecule has 0 spiro atoms. The van der Waals surface area contributed by atoms with Gasteiger partial charge in [-0.3, -0.25) is 13.9 Å². The number of methoxy groups -OCH3 is 2. The van der Waals surface area contributed by atoms with E-state index in [2.05, 4.69) is 15.4 Å². The maximum Gasteiger partial charge on any atom is 0.331 e. The van der Waals surface area contributed by atoms with E-state index in [1.165, 1.54) is 9.13 Å². The number of hydrogen-bond donors (Lipinski definition) is 1. The fraction of sp³-hybridized carbons (Fsp3) is 0.333. The number of nitrogens with zero attached hydrogens (tertiary/aromatic N) is 5. The van der Waals surface area contributed by atoms with E-state index in [-0.39, 0.29) is 18.3 Å². The molecule has 44 heavy (non-hydrogen) atoms. The SMILES string of the molecule is COc1ccc(Cn2c(=O)c(C)c(-c3ccc(Nc4nccc5c4cnn5C4CCCCO4)cc3C)n(C)c2=O)cc1OC. The predicted molar refractivity (Wildman–Crippen MR) is 169 cm³/mol. The monoisotopic (exact) mass is 596 g/mol. The smallest absolute Gasteiger partial charge is 0.331 e. The molecule has 1 fully saturated rings. The number of aromatic nitrogens is 5. The zero-order chi connectivity index (χ0) is 31.0. The third kappa shape index (κ3) is 5.24. The average Bonchev–Trinajstić information content (AvgIpc) is 3.49. The topological polar surface area (TPSA) is 114 Å². The summed E-state index contributed by atoms with van der Waals surface area (Å²) in [6.45, 7) is 4.57. The van der Waals surface area contributed by atoms with Gasteiger partial charge < -0.3 is 19.5 Å². The maximum absolute atomic E-state index is 13.5. The van der Waals surface area contributed by atoms with Crippen LogP contribution in [0, 0.1) is 13.8 Å². The second kappa shape index (κ2) is 12.0. The molecule has 1 atom stereocenters. The van der Waals surface area contributed by atoms with Crippen molar-refractivity contribution in [2.24, 2.45) is 7.05 Å². The highest BCUT2D eigenvalue weighted by atomic mass is 16.5. The van der Waals surface area contributed by atoms with E-state index in [4.69, 9.17) is 14.2 Å². The molecule has 1 N–H and O–H groups in total. The van der Waals surface area contributed by atoms with Gasteiger partial charge in [-0.05, 0) is 74.6 Å². The van der Waals surface area contributed by atoms with Crippen LogP contribution in [0.2, 0.25) is 0 Å². The van der Waals surface area contributed by atoms with E-state index in [1.54, 1.807) is 46.5 Å². The molecular formula is C33H36N6O5. The van der Waals surface area contributed by atoms with E-state index in [1.807, 2.05) is 48.1 Å². The first-order chi connectivity index (χ1) is 21.3. The summed E-state index contributed by atoms with van der Waals surface area (Å²) in [7, 11) is 4.80. The van der Waals surface area contributed by atoms with Crippen LogP contribution in [0.5, 0.6) is 11.5 Å². The Balaban J connectivity index is 1.30. The molecule has 0 saturated carbocycles. The quantitative estimate of drug-likeness (QED) is 0.264. The van der Waals surface area contributed by atoms with Gasteiger partial charge in [0.2, 0.25) is 0 Å². The lowest BCUT2D eigenvalue weighted by molar-refractivity contribution is -0.0366. The van der Waals surface area contributed by atoms with Crippen molar-refractivity contribution in [3.63, 3.8) is 0 Å². The van der Waals surface area contributed by atoms with E-state index in [0.29, 0.717) is 28.6 Å². The summed E-state index contributed by atoms with van der Waals surface area (Å²) in [6.07, 6.45) is 6.65. The molecule has 0 radical (unpaired) electrons. The van der Waals surface area contributed by atoms with Crippen LogP contribution in [0.25, 0.3) is 22.2 Å². The van der Waals surface area contributed by atoms with Gasteiger partial charge in [0.15, 0.2) is 17.7 Å². The van der Waals surface area contributed by atoms with Gasteiger partial charge in [-0.25, -0.2) is 14.5 Å². The Kier molecular flexibility index (Phi) is 7.96. The van der Waals surface area contributed by atoms with Gasteiger partial charge in [-0.1, -0.05) is 12.1 Å². The number of anilines is 2. The van der Waals surface area contributed by atoms with Gasteiger partial charge in [0, 0.05) is 36.7 Å². The van der Waals surface area contributed by atoms with Crippen LogP contribution >= 0.6 is 0 Å². The largest absolute Gasteiger partial charge is 0.493 e. The van der Waals surface area contributed by atoms with Gasteiger partial charge >= 0.3 is 5.69 Å². The normalized spacial score (nSPS) is 15.0. The predicted octanol–water partition coefficient (Wildman–Crippen LogP) is 5.08. The molecule has 4 heterocycles. The lowest BCUT2D eigenvalue weighted by atomic mass is 10.0. The molecule has 11 heteroatoms. The molecule has 0 amide bonds. The van der Waals surface area contributed by atoms with Crippen LogP contribution in [0.15, 0.2) is 64.4 Å². The molecule has 1 aliphatic heterocycles. The molecule has 5 aromatic rings. The highest BCUT2D eigenvalue weighted by molar-refractivity contribution is 5.91. The van der Waals surface area contributed by atoms with Crippen molar-refractivity contribution in [2.45, 2.75) is 45.9 Å². The van der Waals surface area contributed by atoms with E-state index in [9.17, 15) is 9.59 Å². The molecule has 1 aliphatic rings. The van der Waals surface area contributed by atoms with Crippen molar-refractivity contribution in [1.29, 1.82) is 0 Å². The summed E-state index contributed by atoms with van der Waals surface area (Å²) in [5.74, 6) is 1.80. The summed E-state index contributed by atoms with van der Waals surface area (Å²) in [4.78, 5) is 31.6. The molecule has 11 nitrogen and oxygen atoms in total. The summed E-state index contributed by atoms with van der Waals surface area (Å²) in [6, 6.07) is 13.1. The Labute approximate surface area is 254 Å². The number of benzene rings is 2. The van der Waals surface area contributed by atoms with Crippen molar-refractivity contribution >= 4 is 22.4 Å². The molecule has 1 saturated heterocycles. The Morgan fingerprint density at radius 3 is 2.57 bits per heavy atom. The van der Waals surface area contributed by atoms with Crippen molar-refractivity contribution in [1.82, 2.24) is 23.9 Å². The molecular weight excluding hydrogens is 560 g/mol. The number of fused-ring (bicyclic) bond motifs is 1. The Hall–Kier alpha value is -4.90. The second-order valence-corrected chi connectivity index (χ2v) is 11.1. The average molecular weight is 597 g/mol. The first-order valence-corrected chi connectivity index (χ1v) is 14.6. The van der Waals surface area contributed by atoms with Gasteiger partial charge in [0.25, 0.3) is 5.56 Å². The number of ether oxygens (including phenoxy) is 3. The molecule has 2 aromatic carbocycles. The number of nitrogens with one attached hydrogen (secondary N) is 1. The fourth-order valence-corrected chi connectivity index (χ4v) is 5.96. The lowest BCUT2D eigenvalue weighted by Gasteiger charge is -2.23. The van der Waals surface area contributed by atoms with Gasteiger partial charge in [-0.2, -0.15) is 5.10 Å². The highest BCUT2D eigenvalue weighted by Gasteiger charge is 2.21. The second-order valence-electron chi connectivity index (χ2n) is 11.1. The highest BCUT2D eigenvalue weighted by Crippen LogP contribution is 2.32. The first kappa shape index (κ1) is 29.2. The fourth-order valence-electron chi connectivity index (χ4n) is 5.96. The Morgan fingerprint density at radius 2 is 1.84 bits per heavy atom. The van der Waals surface area contributed by atoms with Crippen LogP contribution < -0.4 is 26.0 Å². The molecule has 6 rings (SSSR count). The van der Waals surface area contributed by atoms with Crippen LogP contribution in [0.1, 0.15) is 42.2 Å². The van der Waals surface area contributed by atoms with E-state index in [0.717, 1.165) is 59.2 Å². The number of pyridine rings is 1. The summed E-state index contributed by atoms with van der Waals surface area (Å²) in [5.41, 5.74) is 4.58. The van der Waals surface area contributed by atoms with Crippen LogP contribution in [0.3, 0.4) is 0 Å². The zero-order valence-corrected chi connectivity index (χ0v) is 25.6. The number of rotatable bonds is 8. The molecule has 0 bridgehead atoms. The van der Waals surface area contributed by atoms with Crippen LogP contribution in [-0.4, -0.2) is 44.7 Å². The van der Waals surface area contributed by atoms with Crippen LogP contribution in [0.4, 0.5) is 11.5 Å². The van der Waals surface area contributed by atoms with Crippen molar-refractivity contribution < 1.29 is 14.2 Å². The molecule has 1 unspecified atom stereocenters. The third-order valence-corrected chi connectivity index (χ3v) is 8.26. The minimum atomic E-state index is -0.401.